The molecular weight excluding hydrogens is 395 g/mol. The third-order valence-electron chi connectivity index (χ3n) is 4.79. The molecule has 0 radical (unpaired) electrons. The topological polar surface area (TPSA) is 3.24 Å². The normalized spacial score (nSPS) is 17.5. The summed E-state index contributed by atoms with van der Waals surface area (Å²) in [7, 11) is 4.67. The molecule has 0 N–H and O–H groups in total. The maximum atomic E-state index is 2.60. The molecule has 23 heavy (non-hydrogen) atoms. The molecule has 3 rings (SSSR count). The van der Waals surface area contributed by atoms with E-state index < -0.39 is 0 Å². The van der Waals surface area contributed by atoms with Crippen LogP contribution in [0.15, 0.2) is 54.6 Å². The maximum Gasteiger partial charge on any atom is 0.0912 e. The Morgan fingerprint density at radius 1 is 0.826 bits per heavy atom. The summed E-state index contributed by atoms with van der Waals surface area (Å²) in [4.78, 5) is 2.60. The number of nitrogens with zero attached hydrogens (tertiary/aromatic N) is 2. The van der Waals surface area contributed by atoms with Crippen LogP contribution in [0, 0.1) is 0 Å². The molecule has 3 heteroatoms. The summed E-state index contributed by atoms with van der Waals surface area (Å²) in [6, 6.07) is 19.7. The molecule has 2 aromatic carbocycles. The molecule has 1 saturated heterocycles. The van der Waals surface area contributed by atoms with Crippen molar-refractivity contribution in [2.75, 3.05) is 40.3 Å². The minimum atomic E-state index is 0. The van der Waals surface area contributed by atoms with Gasteiger partial charge in [-0.1, -0.05) is 54.6 Å². The highest BCUT2D eigenvalue weighted by molar-refractivity contribution is 5.32. The average molecular weight is 422 g/mol. The number of benzene rings is 2. The molecule has 2 nitrogen and oxygen atoms in total. The van der Waals surface area contributed by atoms with Gasteiger partial charge in [-0.2, -0.15) is 0 Å². The van der Waals surface area contributed by atoms with Gasteiger partial charge in [0, 0.05) is 19.6 Å². The molecule has 0 spiro atoms. The van der Waals surface area contributed by atoms with Crippen molar-refractivity contribution in [3.8, 4) is 0 Å². The van der Waals surface area contributed by atoms with Gasteiger partial charge in [-0.3, -0.25) is 4.90 Å². The van der Waals surface area contributed by atoms with Crippen molar-refractivity contribution in [2.24, 2.45) is 0 Å². The fraction of sp³-hybridized carbons (Fsp3) is 0.400. The summed E-state index contributed by atoms with van der Waals surface area (Å²) in [5.74, 6) is 0. The first kappa shape index (κ1) is 18.4. The molecular formula is C20H27IN2. The third kappa shape index (κ3) is 5.30. The monoisotopic (exact) mass is 422 g/mol. The Hall–Kier alpha value is -0.910. The van der Waals surface area contributed by atoms with E-state index in [1.54, 1.807) is 0 Å². The number of hydrogen-bond donors (Lipinski definition) is 0. The van der Waals surface area contributed by atoms with E-state index in [0.717, 1.165) is 17.4 Å². The quantitative estimate of drug-likeness (QED) is 0.502. The van der Waals surface area contributed by atoms with Crippen LogP contribution in [0.4, 0.5) is 0 Å². The zero-order valence-electron chi connectivity index (χ0n) is 14.2. The van der Waals surface area contributed by atoms with E-state index in [9.17, 15) is 0 Å². The molecule has 0 amide bonds. The lowest BCUT2D eigenvalue weighted by molar-refractivity contribution is -0.894. The van der Waals surface area contributed by atoms with Crippen LogP contribution in [0.1, 0.15) is 16.7 Å². The number of rotatable bonds is 4. The summed E-state index contributed by atoms with van der Waals surface area (Å²) in [5.41, 5.74) is 4.35. The van der Waals surface area contributed by atoms with Gasteiger partial charge in [0.15, 0.2) is 0 Å². The number of piperazine rings is 1. The minimum absolute atomic E-state index is 0. The predicted molar refractivity (Wildman–Crippen MR) is 92.8 cm³/mol. The molecule has 0 bridgehead atoms. The van der Waals surface area contributed by atoms with Gasteiger partial charge in [-0.15, -0.1) is 0 Å². The molecule has 0 aliphatic carbocycles. The standard InChI is InChI=1S/C20H27N2.HI/c1-22(2)14-12-21(13-15-22)17-20-11-7-6-10-19(20)16-18-8-4-3-5-9-18;/h3-11H,12-17H2,1-2H3;1H/q+1;/p-1. The summed E-state index contributed by atoms with van der Waals surface area (Å²) in [6.45, 7) is 5.99. The van der Waals surface area contributed by atoms with E-state index in [1.807, 2.05) is 0 Å². The van der Waals surface area contributed by atoms with Gasteiger partial charge in [0.1, 0.15) is 0 Å². The highest BCUT2D eigenvalue weighted by Gasteiger charge is 2.24. The van der Waals surface area contributed by atoms with Crippen LogP contribution in [0.5, 0.6) is 0 Å². The van der Waals surface area contributed by atoms with E-state index >= 15 is 0 Å². The minimum Gasteiger partial charge on any atom is -1.00 e. The van der Waals surface area contributed by atoms with Crippen molar-refractivity contribution >= 4 is 0 Å². The van der Waals surface area contributed by atoms with E-state index in [-0.39, 0.29) is 24.0 Å². The van der Waals surface area contributed by atoms with Crippen LogP contribution in [0.2, 0.25) is 0 Å². The van der Waals surface area contributed by atoms with Crippen molar-refractivity contribution in [3.63, 3.8) is 0 Å². The van der Waals surface area contributed by atoms with Gasteiger partial charge in [0.05, 0.1) is 27.2 Å². The Balaban J connectivity index is 0.00000192. The van der Waals surface area contributed by atoms with Gasteiger partial charge in [-0.05, 0) is 23.1 Å². The fourth-order valence-corrected chi connectivity index (χ4v) is 3.15. The highest BCUT2D eigenvalue weighted by atomic mass is 127. The highest BCUT2D eigenvalue weighted by Crippen LogP contribution is 2.18. The molecule has 0 unspecified atom stereocenters. The van der Waals surface area contributed by atoms with Crippen LogP contribution < -0.4 is 24.0 Å². The zero-order chi connectivity index (χ0) is 15.4. The van der Waals surface area contributed by atoms with E-state index in [0.29, 0.717) is 0 Å². The largest absolute Gasteiger partial charge is 1.00 e. The Bertz CT molecular complexity index is 600. The first-order valence-corrected chi connectivity index (χ1v) is 8.27. The Kier molecular flexibility index (Phi) is 6.62. The van der Waals surface area contributed by atoms with Crippen LogP contribution in [0.3, 0.4) is 0 Å². The number of quaternary nitrogens is 1. The Morgan fingerprint density at radius 2 is 1.39 bits per heavy atom. The summed E-state index contributed by atoms with van der Waals surface area (Å²) in [5, 5.41) is 0. The maximum absolute atomic E-state index is 2.60. The van der Waals surface area contributed by atoms with E-state index in [4.69, 9.17) is 0 Å². The molecule has 0 atom stereocenters. The Labute approximate surface area is 157 Å². The van der Waals surface area contributed by atoms with Gasteiger partial charge >= 0.3 is 0 Å². The SMILES string of the molecule is C[N+]1(C)CCN(Cc2ccccc2Cc2ccccc2)CC1.[I-]. The van der Waals surface area contributed by atoms with Crippen LogP contribution in [-0.4, -0.2) is 49.7 Å². The van der Waals surface area contributed by atoms with E-state index in [2.05, 4.69) is 73.6 Å². The van der Waals surface area contributed by atoms with Crippen LogP contribution in [-0.2, 0) is 13.0 Å². The first-order chi connectivity index (χ1) is 10.6. The van der Waals surface area contributed by atoms with Crippen molar-refractivity contribution in [3.05, 3.63) is 71.3 Å². The van der Waals surface area contributed by atoms with Gasteiger partial charge in [-0.25, -0.2) is 0 Å². The molecule has 0 aromatic heterocycles. The summed E-state index contributed by atoms with van der Waals surface area (Å²) >= 11 is 0. The van der Waals surface area contributed by atoms with Crippen molar-refractivity contribution in [1.29, 1.82) is 0 Å². The number of hydrogen-bond acceptors (Lipinski definition) is 1. The lowest BCUT2D eigenvalue weighted by atomic mass is 9.99. The molecule has 124 valence electrons. The van der Waals surface area contributed by atoms with Gasteiger partial charge in [0.25, 0.3) is 0 Å². The molecule has 2 aromatic rings. The first-order valence-electron chi connectivity index (χ1n) is 8.27. The average Bonchev–Trinajstić information content (AvgIpc) is 2.52. The van der Waals surface area contributed by atoms with Crippen molar-refractivity contribution in [2.45, 2.75) is 13.0 Å². The van der Waals surface area contributed by atoms with Crippen molar-refractivity contribution in [1.82, 2.24) is 4.90 Å². The predicted octanol–water partition coefficient (Wildman–Crippen LogP) is 0.173. The van der Waals surface area contributed by atoms with Crippen LogP contribution >= 0.6 is 0 Å². The second-order valence-corrected chi connectivity index (χ2v) is 7.09. The second kappa shape index (κ2) is 8.27. The molecule has 1 heterocycles. The number of likely N-dealkylation sites (N-methyl/N-ethyl adjacent to an activating group) is 1. The molecule has 0 saturated carbocycles. The van der Waals surface area contributed by atoms with Crippen molar-refractivity contribution < 1.29 is 28.5 Å². The third-order valence-corrected chi connectivity index (χ3v) is 4.79. The summed E-state index contributed by atoms with van der Waals surface area (Å²) < 4.78 is 1.15. The Morgan fingerprint density at radius 3 is 2.04 bits per heavy atom. The fourth-order valence-electron chi connectivity index (χ4n) is 3.15. The number of halogens is 1. The lowest BCUT2D eigenvalue weighted by Gasteiger charge is -2.39. The van der Waals surface area contributed by atoms with Gasteiger partial charge in [0.2, 0.25) is 0 Å². The summed E-state index contributed by atoms with van der Waals surface area (Å²) in [6.07, 6.45) is 1.03. The molecule has 1 fully saturated rings. The molecule has 1 aliphatic heterocycles. The lowest BCUT2D eigenvalue weighted by Crippen LogP contribution is -3.00. The van der Waals surface area contributed by atoms with Crippen LogP contribution in [0.25, 0.3) is 0 Å². The molecule has 1 aliphatic rings. The zero-order valence-corrected chi connectivity index (χ0v) is 16.4. The second-order valence-electron chi connectivity index (χ2n) is 7.09. The smallest absolute Gasteiger partial charge is 0.0912 e. The van der Waals surface area contributed by atoms with E-state index in [1.165, 1.54) is 42.9 Å². The van der Waals surface area contributed by atoms with Gasteiger partial charge < -0.3 is 28.5 Å².